The smallest absolute Gasteiger partial charge is 0.469 e. The molecule has 2 aromatic heterocycles. The Balaban J connectivity index is 0.000000209. The van der Waals surface area contributed by atoms with Crippen molar-refractivity contribution >= 4 is 40.4 Å². The minimum atomic E-state index is -0.496. The van der Waals surface area contributed by atoms with Crippen LogP contribution in [0.2, 0.25) is 0 Å². The van der Waals surface area contributed by atoms with Gasteiger partial charge in [0.25, 0.3) is 0 Å². The van der Waals surface area contributed by atoms with E-state index in [1.54, 1.807) is 35.6 Å². The molecule has 2 atom stereocenters. The van der Waals surface area contributed by atoms with E-state index in [1.165, 1.54) is 14.2 Å². The summed E-state index contributed by atoms with van der Waals surface area (Å²) in [6, 6.07) is 15.4. The number of halogens is 1. The van der Waals surface area contributed by atoms with Gasteiger partial charge in [-0.05, 0) is 85.7 Å². The van der Waals surface area contributed by atoms with Crippen molar-refractivity contribution in [3.05, 3.63) is 88.9 Å². The summed E-state index contributed by atoms with van der Waals surface area (Å²) in [5.74, 6) is -0.472. The van der Waals surface area contributed by atoms with Crippen molar-refractivity contribution in [2.24, 2.45) is 0 Å². The number of benzene rings is 2. The van der Waals surface area contributed by atoms with Crippen LogP contribution in [-0.2, 0) is 41.5 Å². The number of methoxy groups -OCH3 is 2. The van der Waals surface area contributed by atoms with Crippen LogP contribution >= 0.6 is 15.9 Å². The summed E-state index contributed by atoms with van der Waals surface area (Å²) in [5.41, 5.74) is 3.97. The van der Waals surface area contributed by atoms with E-state index in [2.05, 4.69) is 35.6 Å². The zero-order valence-electron chi connectivity index (χ0n) is 30.0. The summed E-state index contributed by atoms with van der Waals surface area (Å²) in [6.07, 6.45) is 6.79. The fourth-order valence-electron chi connectivity index (χ4n) is 4.63. The molecule has 50 heavy (non-hydrogen) atoms. The standard InChI is InChI=1S/C15H18N2O3.C14H21BO3.C7H9BrN2O2/c1-11(18)12-4-3-5-13(8-12)14-9-16-17(10-14)7-6-15(19)20-2;1-10(16)11-7-6-8-12(9-11)15-17-13(2,3)14(4,5)18-15;1-12-7(11)2-3-10-5-6(8)4-9-10/h3-5,8-11,18H,6-7H2,1-2H3;6-10,16H,1-5H3;4-5H,2-3H2,1H3/t11-;10-;/m11./s1. The molecule has 2 aromatic carbocycles. The minimum absolute atomic E-state index is 0.221. The van der Waals surface area contributed by atoms with E-state index in [4.69, 9.17) is 9.31 Å². The fraction of sp³-hybridized carbons (Fsp3) is 0.444. The molecule has 0 unspecified atom stereocenters. The lowest BCUT2D eigenvalue weighted by molar-refractivity contribution is -0.141. The Labute approximate surface area is 303 Å². The van der Waals surface area contributed by atoms with Crippen molar-refractivity contribution in [2.75, 3.05) is 14.2 Å². The Bertz CT molecular complexity index is 1670. The van der Waals surface area contributed by atoms with Gasteiger partial charge in [-0.3, -0.25) is 19.0 Å². The van der Waals surface area contributed by atoms with E-state index in [0.717, 1.165) is 32.2 Å². The van der Waals surface area contributed by atoms with Crippen LogP contribution in [0.15, 0.2) is 77.8 Å². The predicted octanol–water partition coefficient (Wildman–Crippen LogP) is 5.41. The number of ether oxygens (including phenoxy) is 2. The van der Waals surface area contributed by atoms with Crippen molar-refractivity contribution in [3.63, 3.8) is 0 Å². The molecule has 0 amide bonds. The van der Waals surface area contributed by atoms with Crippen LogP contribution in [-0.4, -0.2) is 74.3 Å². The first kappa shape index (κ1) is 40.6. The number of carbonyl (C=O) groups is 2. The molecule has 0 radical (unpaired) electrons. The van der Waals surface area contributed by atoms with Crippen LogP contribution < -0.4 is 5.46 Å². The van der Waals surface area contributed by atoms with Gasteiger partial charge in [0.05, 0.1) is 80.4 Å². The Morgan fingerprint density at radius 3 is 1.80 bits per heavy atom. The maximum Gasteiger partial charge on any atom is 0.494 e. The number of nitrogens with zero attached hydrogens (tertiary/aromatic N) is 4. The Kier molecular flexibility index (Phi) is 15.0. The number of hydrogen-bond acceptors (Lipinski definition) is 10. The molecule has 2 N–H and O–H groups in total. The lowest BCUT2D eigenvalue weighted by atomic mass is 9.78. The largest absolute Gasteiger partial charge is 0.494 e. The summed E-state index contributed by atoms with van der Waals surface area (Å²) in [5, 5.41) is 27.4. The third kappa shape index (κ3) is 11.9. The zero-order chi connectivity index (χ0) is 37.1. The second-order valence-corrected chi connectivity index (χ2v) is 13.7. The van der Waals surface area contributed by atoms with E-state index < -0.39 is 12.2 Å². The fourth-order valence-corrected chi connectivity index (χ4v) is 4.96. The molecule has 12 nitrogen and oxygen atoms in total. The Morgan fingerprint density at radius 2 is 1.30 bits per heavy atom. The molecule has 4 aromatic rings. The first-order valence-corrected chi connectivity index (χ1v) is 17.1. The molecule has 270 valence electrons. The SMILES string of the molecule is COC(=O)CCn1cc(-c2cccc([C@@H](C)O)c2)cn1.COC(=O)CCn1cc(Br)cn1.C[C@@H](O)c1cccc(B2OC(C)(C)C(C)(C)O2)c1. The highest BCUT2D eigenvalue weighted by Gasteiger charge is 2.51. The van der Waals surface area contributed by atoms with Gasteiger partial charge in [-0.1, -0.05) is 42.5 Å². The minimum Gasteiger partial charge on any atom is -0.469 e. The Morgan fingerprint density at radius 1 is 0.800 bits per heavy atom. The third-order valence-corrected chi connectivity index (χ3v) is 8.81. The van der Waals surface area contributed by atoms with Crippen LogP contribution in [0.25, 0.3) is 11.1 Å². The number of aliphatic hydroxyl groups is 2. The number of aromatic nitrogens is 4. The van der Waals surface area contributed by atoms with E-state index in [0.29, 0.717) is 25.9 Å². The molecule has 0 bridgehead atoms. The maximum absolute atomic E-state index is 11.1. The van der Waals surface area contributed by atoms with Crippen molar-refractivity contribution in [1.29, 1.82) is 0 Å². The van der Waals surface area contributed by atoms with Gasteiger partial charge in [0.2, 0.25) is 0 Å². The number of rotatable bonds is 10. The van der Waals surface area contributed by atoms with Crippen LogP contribution in [0.4, 0.5) is 0 Å². The topological polar surface area (TPSA) is 147 Å². The average molecular weight is 756 g/mol. The normalized spacial score (nSPS) is 15.5. The van der Waals surface area contributed by atoms with Gasteiger partial charge in [0.1, 0.15) is 0 Å². The molecule has 1 fully saturated rings. The summed E-state index contributed by atoms with van der Waals surface area (Å²) in [6.45, 7) is 12.7. The average Bonchev–Trinajstić information content (AvgIpc) is 3.80. The van der Waals surface area contributed by atoms with Gasteiger partial charge >= 0.3 is 19.1 Å². The number of esters is 2. The lowest BCUT2D eigenvalue weighted by Crippen LogP contribution is -2.41. The first-order chi connectivity index (χ1) is 23.5. The summed E-state index contributed by atoms with van der Waals surface area (Å²) >= 11 is 3.26. The quantitative estimate of drug-likeness (QED) is 0.159. The van der Waals surface area contributed by atoms with Gasteiger partial charge in [-0.25, -0.2) is 0 Å². The van der Waals surface area contributed by atoms with E-state index in [9.17, 15) is 19.8 Å². The third-order valence-electron chi connectivity index (χ3n) is 8.40. The molecule has 1 aliphatic heterocycles. The van der Waals surface area contributed by atoms with Crippen molar-refractivity contribution in [2.45, 2.75) is 90.9 Å². The van der Waals surface area contributed by atoms with Gasteiger partial charge < -0.3 is 29.0 Å². The van der Waals surface area contributed by atoms with Gasteiger partial charge in [-0.2, -0.15) is 10.2 Å². The molecule has 5 rings (SSSR count). The van der Waals surface area contributed by atoms with Crippen molar-refractivity contribution < 1.29 is 38.6 Å². The molecule has 0 aliphatic carbocycles. The maximum atomic E-state index is 11.1. The second kappa shape index (κ2) is 18.4. The highest BCUT2D eigenvalue weighted by molar-refractivity contribution is 9.10. The van der Waals surface area contributed by atoms with Crippen LogP contribution in [0.3, 0.4) is 0 Å². The molecule has 3 heterocycles. The summed E-state index contributed by atoms with van der Waals surface area (Å²) in [7, 11) is 2.38. The van der Waals surface area contributed by atoms with Crippen LogP contribution in [0.1, 0.15) is 77.7 Å². The highest BCUT2D eigenvalue weighted by Crippen LogP contribution is 2.36. The molecule has 0 saturated carbocycles. The number of aliphatic hydroxyl groups excluding tert-OH is 2. The van der Waals surface area contributed by atoms with Crippen LogP contribution in [0, 0.1) is 0 Å². The number of carbonyl (C=O) groups excluding carboxylic acids is 2. The number of aryl methyl sites for hydroxylation is 2. The number of hydrogen-bond donors (Lipinski definition) is 2. The van der Waals surface area contributed by atoms with Crippen molar-refractivity contribution in [3.8, 4) is 11.1 Å². The molecule has 0 spiro atoms. The Hall–Kier alpha value is -3.82. The lowest BCUT2D eigenvalue weighted by Gasteiger charge is -2.32. The van der Waals surface area contributed by atoms with Gasteiger partial charge in [-0.15, -0.1) is 0 Å². The monoisotopic (exact) mass is 754 g/mol. The van der Waals surface area contributed by atoms with Gasteiger partial charge in [0.15, 0.2) is 0 Å². The summed E-state index contributed by atoms with van der Waals surface area (Å²) in [4.78, 5) is 21.8. The molecular formula is C36H48BBrN4O8. The van der Waals surface area contributed by atoms with E-state index in [-0.39, 0.29) is 30.3 Å². The second-order valence-electron chi connectivity index (χ2n) is 12.8. The summed E-state index contributed by atoms with van der Waals surface area (Å²) < 4.78 is 25.3. The predicted molar refractivity (Wildman–Crippen MR) is 194 cm³/mol. The first-order valence-electron chi connectivity index (χ1n) is 16.3. The molecule has 1 saturated heterocycles. The zero-order valence-corrected chi connectivity index (χ0v) is 31.6. The highest BCUT2D eigenvalue weighted by atomic mass is 79.9. The molecule has 14 heteroatoms. The van der Waals surface area contributed by atoms with E-state index >= 15 is 0 Å². The van der Waals surface area contributed by atoms with Crippen molar-refractivity contribution in [1.82, 2.24) is 19.6 Å². The van der Waals surface area contributed by atoms with E-state index in [1.807, 2.05) is 88.6 Å². The van der Waals surface area contributed by atoms with Gasteiger partial charge in [0, 0.05) is 18.0 Å². The molecule has 1 aliphatic rings. The molecular weight excluding hydrogens is 707 g/mol. The van der Waals surface area contributed by atoms with Crippen LogP contribution in [0.5, 0.6) is 0 Å².